The van der Waals surface area contributed by atoms with E-state index in [-0.39, 0.29) is 26.6 Å². The van der Waals surface area contributed by atoms with Gasteiger partial charge in [-0.25, -0.2) is 4.39 Å². The molecule has 0 saturated carbocycles. The van der Waals surface area contributed by atoms with Crippen LogP contribution in [-0.2, 0) is 10.2 Å². The molecule has 0 saturated heterocycles. The quantitative estimate of drug-likeness (QED) is 0.607. The van der Waals surface area contributed by atoms with Crippen LogP contribution < -0.4 is 15.3 Å². The zero-order valence-electron chi connectivity index (χ0n) is 14.4. The summed E-state index contributed by atoms with van der Waals surface area (Å²) in [5.74, 6) is 0.633. The van der Waals surface area contributed by atoms with Crippen molar-refractivity contribution in [2.24, 2.45) is 0 Å². The number of hydrogen-bond acceptors (Lipinski definition) is 2. The number of rotatable bonds is 5. The summed E-state index contributed by atoms with van der Waals surface area (Å²) >= 11 is 0. The normalized spacial score (nSPS) is 12.1. The van der Waals surface area contributed by atoms with Gasteiger partial charge >= 0.3 is 0 Å². The van der Waals surface area contributed by atoms with Crippen molar-refractivity contribution < 1.29 is 13.9 Å². The molecule has 1 unspecified atom stereocenters. The molecule has 0 amide bonds. The Balaban J connectivity index is 2.52. The van der Waals surface area contributed by atoms with Crippen molar-refractivity contribution in [1.29, 1.82) is 0 Å². The number of halogens is 1. The first-order valence-electron chi connectivity index (χ1n) is 7.61. The molecule has 0 N–H and O–H groups in total. The summed E-state index contributed by atoms with van der Waals surface area (Å²) in [6.07, 6.45) is 0. The monoisotopic (exact) mass is 334 g/mol. The van der Waals surface area contributed by atoms with Gasteiger partial charge in [-0.05, 0) is 30.0 Å². The minimum Gasteiger partial charge on any atom is -0.467 e. The molecule has 1 atom stereocenters. The van der Waals surface area contributed by atoms with E-state index >= 15 is 0 Å². The topological polar surface area (TPSA) is 18.5 Å². The van der Waals surface area contributed by atoms with Crippen LogP contribution in [0.4, 0.5) is 4.39 Å². The van der Waals surface area contributed by atoms with E-state index in [2.05, 4.69) is 39.8 Å². The van der Waals surface area contributed by atoms with E-state index in [0.29, 0.717) is 5.30 Å². The van der Waals surface area contributed by atoms with Crippen LogP contribution in [0, 0.1) is 12.7 Å². The number of benzene rings is 2. The molecule has 0 bridgehead atoms. The summed E-state index contributed by atoms with van der Waals surface area (Å²) in [6, 6.07) is 11.1. The zero-order chi connectivity index (χ0) is 17.0. The van der Waals surface area contributed by atoms with E-state index in [0.717, 1.165) is 22.2 Å². The van der Waals surface area contributed by atoms with Gasteiger partial charge in [0.1, 0.15) is 11.6 Å². The first-order valence-corrected chi connectivity index (χ1v) is 8.61. The van der Waals surface area contributed by atoms with Crippen molar-refractivity contribution in [2.45, 2.75) is 33.1 Å². The Hall–Kier alpha value is -1.44. The van der Waals surface area contributed by atoms with Gasteiger partial charge < -0.3 is 9.47 Å². The van der Waals surface area contributed by atoms with Crippen molar-refractivity contribution in [3.8, 4) is 5.75 Å². The Kier molecular flexibility index (Phi) is 5.78. The maximum absolute atomic E-state index is 14.0. The molecule has 0 spiro atoms. The molecule has 0 fully saturated rings. The lowest BCUT2D eigenvalue weighted by atomic mass is 9.85. The number of ether oxygens (including phenoxy) is 2. The predicted octanol–water partition coefficient (Wildman–Crippen LogP) is 4.04. The highest BCUT2D eigenvalue weighted by Gasteiger charge is 2.23. The van der Waals surface area contributed by atoms with Crippen LogP contribution in [0.1, 0.15) is 31.9 Å². The molecule has 0 radical (unpaired) electrons. The second kappa shape index (κ2) is 7.42. The van der Waals surface area contributed by atoms with Crippen molar-refractivity contribution in [3.63, 3.8) is 0 Å². The van der Waals surface area contributed by atoms with Gasteiger partial charge in [-0.15, -0.1) is 0 Å². The molecule has 2 aromatic rings. The van der Waals surface area contributed by atoms with Gasteiger partial charge in [0.15, 0.2) is 6.79 Å². The summed E-state index contributed by atoms with van der Waals surface area (Å²) in [7, 11) is 1.80. The van der Waals surface area contributed by atoms with Crippen LogP contribution >= 0.6 is 8.58 Å². The van der Waals surface area contributed by atoms with E-state index in [1.807, 2.05) is 12.1 Å². The van der Waals surface area contributed by atoms with E-state index in [1.165, 1.54) is 6.07 Å². The molecule has 4 heteroatoms. The maximum Gasteiger partial charge on any atom is 0.188 e. The van der Waals surface area contributed by atoms with Crippen molar-refractivity contribution in [2.75, 3.05) is 13.9 Å². The summed E-state index contributed by atoms with van der Waals surface area (Å²) in [5, 5.41) is 1.71. The lowest BCUT2D eigenvalue weighted by Crippen LogP contribution is -2.20. The molecule has 0 heterocycles. The first-order chi connectivity index (χ1) is 10.8. The lowest BCUT2D eigenvalue weighted by Gasteiger charge is -2.25. The fraction of sp³-hybridized carbons (Fsp3) is 0.368. The molecule has 0 aliphatic rings. The minimum absolute atomic E-state index is 0.0659. The average molecular weight is 334 g/mol. The Bertz CT molecular complexity index is 678. The van der Waals surface area contributed by atoms with Crippen LogP contribution in [0.25, 0.3) is 0 Å². The standard InChI is InChI=1S/C19H24FO2P/c1-13-10-14(19(2,3)4)18(22-12-21-5)17(11-13)23-16-9-7-6-8-15(16)20/h6-11,23H,12H2,1-5H3. The molecular formula is C19H24FO2P. The van der Waals surface area contributed by atoms with E-state index in [9.17, 15) is 4.39 Å². The average Bonchev–Trinajstić information content (AvgIpc) is 2.47. The van der Waals surface area contributed by atoms with E-state index in [1.54, 1.807) is 13.2 Å². The molecule has 0 aliphatic heterocycles. The van der Waals surface area contributed by atoms with Crippen molar-refractivity contribution in [1.82, 2.24) is 0 Å². The predicted molar refractivity (Wildman–Crippen MR) is 96.4 cm³/mol. The Labute approximate surface area is 139 Å². The highest BCUT2D eigenvalue weighted by atomic mass is 31.1. The lowest BCUT2D eigenvalue weighted by molar-refractivity contribution is 0.0506. The first kappa shape index (κ1) is 17.9. The van der Waals surface area contributed by atoms with Gasteiger partial charge in [-0.1, -0.05) is 53.6 Å². The summed E-state index contributed by atoms with van der Waals surface area (Å²) in [6.45, 7) is 8.69. The summed E-state index contributed by atoms with van der Waals surface area (Å²) < 4.78 is 25.0. The number of aryl methyl sites for hydroxylation is 1. The molecule has 23 heavy (non-hydrogen) atoms. The van der Waals surface area contributed by atoms with Gasteiger partial charge in [0.05, 0.1) is 0 Å². The molecular weight excluding hydrogens is 310 g/mol. The van der Waals surface area contributed by atoms with Gasteiger partial charge in [0, 0.05) is 23.3 Å². The minimum atomic E-state index is -0.178. The highest BCUT2D eigenvalue weighted by Crippen LogP contribution is 2.34. The smallest absolute Gasteiger partial charge is 0.188 e. The SMILES string of the molecule is COCOc1c(Pc2ccccc2F)cc(C)cc1C(C)(C)C. The Morgan fingerprint density at radius 1 is 1.09 bits per heavy atom. The third kappa shape index (κ3) is 4.53. The van der Waals surface area contributed by atoms with Gasteiger partial charge in [-0.3, -0.25) is 0 Å². The number of methoxy groups -OCH3 is 1. The molecule has 2 nitrogen and oxygen atoms in total. The van der Waals surface area contributed by atoms with E-state index in [4.69, 9.17) is 9.47 Å². The van der Waals surface area contributed by atoms with Crippen LogP contribution in [0.5, 0.6) is 5.75 Å². The summed E-state index contributed by atoms with van der Waals surface area (Å²) in [5.41, 5.74) is 2.20. The Morgan fingerprint density at radius 2 is 1.78 bits per heavy atom. The van der Waals surface area contributed by atoms with E-state index < -0.39 is 0 Å². The second-order valence-electron chi connectivity index (χ2n) is 6.59. The van der Waals surface area contributed by atoms with Gasteiger partial charge in [-0.2, -0.15) is 0 Å². The molecule has 0 aromatic heterocycles. The van der Waals surface area contributed by atoms with Crippen molar-refractivity contribution >= 4 is 19.2 Å². The third-order valence-corrected chi connectivity index (χ3v) is 4.82. The van der Waals surface area contributed by atoms with Crippen molar-refractivity contribution in [3.05, 3.63) is 53.3 Å². The molecule has 2 rings (SSSR count). The van der Waals surface area contributed by atoms with Gasteiger partial charge in [0.25, 0.3) is 0 Å². The second-order valence-corrected chi connectivity index (χ2v) is 7.92. The van der Waals surface area contributed by atoms with Crippen LogP contribution in [0.15, 0.2) is 36.4 Å². The molecule has 0 aliphatic carbocycles. The number of hydrogen-bond donors (Lipinski definition) is 0. The van der Waals surface area contributed by atoms with Crippen LogP contribution in [0.3, 0.4) is 0 Å². The van der Waals surface area contributed by atoms with Crippen LogP contribution in [0.2, 0.25) is 0 Å². The van der Waals surface area contributed by atoms with Crippen LogP contribution in [-0.4, -0.2) is 13.9 Å². The molecule has 2 aromatic carbocycles. The molecule has 124 valence electrons. The third-order valence-electron chi connectivity index (χ3n) is 3.51. The van der Waals surface area contributed by atoms with Gasteiger partial charge in [0.2, 0.25) is 0 Å². The zero-order valence-corrected chi connectivity index (χ0v) is 15.4. The fourth-order valence-corrected chi connectivity index (χ4v) is 3.70. The maximum atomic E-state index is 14.0. The Morgan fingerprint density at radius 3 is 2.39 bits per heavy atom. The summed E-state index contributed by atoms with van der Waals surface area (Å²) in [4.78, 5) is 0. The highest BCUT2D eigenvalue weighted by molar-refractivity contribution is 7.55. The largest absolute Gasteiger partial charge is 0.467 e. The fourth-order valence-electron chi connectivity index (χ4n) is 2.40.